The molecular formula is C10H15ClN2. The number of hydrogen-bond donors (Lipinski definition) is 2. The van der Waals surface area contributed by atoms with Crippen LogP contribution < -0.4 is 11.5 Å². The number of nitrogens with two attached hydrogens (primary N) is 2. The second-order valence-corrected chi connectivity index (χ2v) is 3.44. The SMILES string of the molecule is NCCC(CN)c1ccccc1Cl. The minimum absolute atomic E-state index is 0.290. The average molecular weight is 199 g/mol. The van der Waals surface area contributed by atoms with Gasteiger partial charge in [0.2, 0.25) is 0 Å². The first-order valence-electron chi connectivity index (χ1n) is 4.44. The number of hydrogen-bond acceptors (Lipinski definition) is 2. The van der Waals surface area contributed by atoms with Crippen molar-refractivity contribution in [3.8, 4) is 0 Å². The Morgan fingerprint density at radius 3 is 2.46 bits per heavy atom. The van der Waals surface area contributed by atoms with Crippen LogP contribution in [0.3, 0.4) is 0 Å². The Balaban J connectivity index is 2.84. The predicted molar refractivity (Wildman–Crippen MR) is 56.9 cm³/mol. The zero-order valence-corrected chi connectivity index (χ0v) is 8.30. The molecule has 0 saturated carbocycles. The van der Waals surface area contributed by atoms with E-state index in [0.717, 1.165) is 17.0 Å². The third kappa shape index (κ3) is 2.69. The van der Waals surface area contributed by atoms with Crippen LogP contribution >= 0.6 is 11.6 Å². The normalized spacial score (nSPS) is 12.8. The molecule has 3 heteroatoms. The molecule has 0 spiro atoms. The molecular weight excluding hydrogens is 184 g/mol. The highest BCUT2D eigenvalue weighted by Gasteiger charge is 2.11. The van der Waals surface area contributed by atoms with E-state index in [4.69, 9.17) is 23.1 Å². The highest BCUT2D eigenvalue weighted by molar-refractivity contribution is 6.31. The molecule has 1 aromatic carbocycles. The average Bonchev–Trinajstić information content (AvgIpc) is 2.16. The fourth-order valence-corrected chi connectivity index (χ4v) is 1.70. The summed E-state index contributed by atoms with van der Waals surface area (Å²) in [5.74, 6) is 0.290. The third-order valence-electron chi connectivity index (χ3n) is 2.14. The molecule has 1 rings (SSSR count). The molecule has 0 aliphatic rings. The van der Waals surface area contributed by atoms with Crippen molar-refractivity contribution in [3.63, 3.8) is 0 Å². The molecule has 0 aliphatic carbocycles. The van der Waals surface area contributed by atoms with Gasteiger partial charge in [-0.3, -0.25) is 0 Å². The van der Waals surface area contributed by atoms with Gasteiger partial charge in [0, 0.05) is 5.02 Å². The summed E-state index contributed by atoms with van der Waals surface area (Å²) in [4.78, 5) is 0. The van der Waals surface area contributed by atoms with E-state index < -0.39 is 0 Å². The van der Waals surface area contributed by atoms with Gasteiger partial charge < -0.3 is 11.5 Å². The first-order chi connectivity index (χ1) is 6.29. The first-order valence-corrected chi connectivity index (χ1v) is 4.82. The van der Waals surface area contributed by atoms with Crippen molar-refractivity contribution >= 4 is 11.6 Å². The van der Waals surface area contributed by atoms with Crippen LogP contribution in [0.15, 0.2) is 24.3 Å². The summed E-state index contributed by atoms with van der Waals surface area (Å²) in [6, 6.07) is 7.79. The molecule has 0 heterocycles. The van der Waals surface area contributed by atoms with E-state index in [2.05, 4.69) is 0 Å². The Labute approximate surface area is 83.9 Å². The van der Waals surface area contributed by atoms with Gasteiger partial charge in [-0.2, -0.15) is 0 Å². The number of rotatable bonds is 4. The first kappa shape index (κ1) is 10.5. The maximum Gasteiger partial charge on any atom is 0.0441 e. The zero-order valence-electron chi connectivity index (χ0n) is 7.54. The molecule has 13 heavy (non-hydrogen) atoms. The minimum Gasteiger partial charge on any atom is -0.330 e. The van der Waals surface area contributed by atoms with Crippen LogP contribution in [-0.2, 0) is 0 Å². The fourth-order valence-electron chi connectivity index (χ4n) is 1.41. The Morgan fingerprint density at radius 1 is 1.23 bits per heavy atom. The largest absolute Gasteiger partial charge is 0.330 e. The number of benzene rings is 1. The van der Waals surface area contributed by atoms with Crippen molar-refractivity contribution in [2.24, 2.45) is 11.5 Å². The summed E-state index contributed by atoms with van der Waals surface area (Å²) in [6.45, 7) is 1.24. The summed E-state index contributed by atoms with van der Waals surface area (Å²) in [5, 5.41) is 0.784. The van der Waals surface area contributed by atoms with Gasteiger partial charge in [-0.15, -0.1) is 0 Å². The van der Waals surface area contributed by atoms with E-state index >= 15 is 0 Å². The minimum atomic E-state index is 0.290. The Hall–Kier alpha value is -0.570. The molecule has 0 saturated heterocycles. The molecule has 0 fully saturated rings. The lowest BCUT2D eigenvalue weighted by Crippen LogP contribution is -2.16. The van der Waals surface area contributed by atoms with Gasteiger partial charge >= 0.3 is 0 Å². The van der Waals surface area contributed by atoms with E-state index in [-0.39, 0.29) is 0 Å². The Kier molecular flexibility index (Phi) is 4.22. The van der Waals surface area contributed by atoms with Gasteiger partial charge in [0.05, 0.1) is 0 Å². The van der Waals surface area contributed by atoms with Crippen molar-refractivity contribution in [2.45, 2.75) is 12.3 Å². The maximum atomic E-state index is 6.04. The summed E-state index contributed by atoms with van der Waals surface area (Å²) in [5.41, 5.74) is 12.2. The van der Waals surface area contributed by atoms with Crippen LogP contribution in [-0.4, -0.2) is 13.1 Å². The quantitative estimate of drug-likeness (QED) is 0.775. The van der Waals surface area contributed by atoms with Crippen molar-refractivity contribution in [2.75, 3.05) is 13.1 Å². The van der Waals surface area contributed by atoms with Gasteiger partial charge in [-0.1, -0.05) is 29.8 Å². The lowest BCUT2D eigenvalue weighted by Gasteiger charge is -2.15. The molecule has 2 nitrogen and oxygen atoms in total. The highest BCUT2D eigenvalue weighted by Crippen LogP contribution is 2.25. The predicted octanol–water partition coefficient (Wildman–Crippen LogP) is 1.73. The third-order valence-corrected chi connectivity index (χ3v) is 2.49. The van der Waals surface area contributed by atoms with Crippen LogP contribution in [0.1, 0.15) is 17.9 Å². The van der Waals surface area contributed by atoms with Crippen LogP contribution in [0.25, 0.3) is 0 Å². The molecule has 0 bridgehead atoms. The van der Waals surface area contributed by atoms with Crippen LogP contribution in [0, 0.1) is 0 Å². The standard InChI is InChI=1S/C10H15ClN2/c11-10-4-2-1-3-9(10)8(7-13)5-6-12/h1-4,8H,5-7,12-13H2. The zero-order chi connectivity index (χ0) is 9.68. The molecule has 1 atom stereocenters. The lowest BCUT2D eigenvalue weighted by molar-refractivity contribution is 0.643. The summed E-state index contributed by atoms with van der Waals surface area (Å²) in [7, 11) is 0. The second-order valence-electron chi connectivity index (χ2n) is 3.03. The van der Waals surface area contributed by atoms with Crippen LogP contribution in [0.2, 0.25) is 5.02 Å². The van der Waals surface area contributed by atoms with Gasteiger partial charge in [0.1, 0.15) is 0 Å². The maximum absolute atomic E-state index is 6.04. The Morgan fingerprint density at radius 2 is 1.92 bits per heavy atom. The van der Waals surface area contributed by atoms with Crippen molar-refractivity contribution in [3.05, 3.63) is 34.9 Å². The van der Waals surface area contributed by atoms with Crippen LogP contribution in [0.4, 0.5) is 0 Å². The Bertz CT molecular complexity index is 263. The van der Waals surface area contributed by atoms with E-state index in [9.17, 15) is 0 Å². The summed E-state index contributed by atoms with van der Waals surface area (Å²) >= 11 is 6.04. The second kappa shape index (κ2) is 5.22. The summed E-state index contributed by atoms with van der Waals surface area (Å²) in [6.07, 6.45) is 0.889. The number of halogens is 1. The summed E-state index contributed by atoms with van der Waals surface area (Å²) < 4.78 is 0. The van der Waals surface area contributed by atoms with Gasteiger partial charge in [0.25, 0.3) is 0 Å². The van der Waals surface area contributed by atoms with E-state index in [1.807, 2.05) is 24.3 Å². The van der Waals surface area contributed by atoms with Crippen molar-refractivity contribution in [1.29, 1.82) is 0 Å². The van der Waals surface area contributed by atoms with Crippen molar-refractivity contribution < 1.29 is 0 Å². The molecule has 0 radical (unpaired) electrons. The molecule has 72 valence electrons. The molecule has 1 aromatic rings. The molecule has 1 unspecified atom stereocenters. The topological polar surface area (TPSA) is 52.0 Å². The van der Waals surface area contributed by atoms with E-state index in [1.165, 1.54) is 0 Å². The molecule has 0 aliphatic heterocycles. The van der Waals surface area contributed by atoms with Gasteiger partial charge in [0.15, 0.2) is 0 Å². The fraction of sp³-hybridized carbons (Fsp3) is 0.400. The molecule has 0 aromatic heterocycles. The van der Waals surface area contributed by atoms with E-state index in [0.29, 0.717) is 19.0 Å². The molecule has 4 N–H and O–H groups in total. The van der Waals surface area contributed by atoms with Crippen LogP contribution in [0.5, 0.6) is 0 Å². The van der Waals surface area contributed by atoms with Crippen molar-refractivity contribution in [1.82, 2.24) is 0 Å². The smallest absolute Gasteiger partial charge is 0.0441 e. The monoisotopic (exact) mass is 198 g/mol. The highest BCUT2D eigenvalue weighted by atomic mass is 35.5. The van der Waals surface area contributed by atoms with Gasteiger partial charge in [-0.05, 0) is 37.1 Å². The van der Waals surface area contributed by atoms with Gasteiger partial charge in [-0.25, -0.2) is 0 Å². The molecule has 0 amide bonds. The lowest BCUT2D eigenvalue weighted by atomic mass is 9.96. The van der Waals surface area contributed by atoms with E-state index in [1.54, 1.807) is 0 Å².